The highest BCUT2D eigenvalue weighted by Crippen LogP contribution is 2.38. The molecule has 0 unspecified atom stereocenters. The van der Waals surface area contributed by atoms with Crippen LogP contribution in [0.5, 0.6) is 11.5 Å². The lowest BCUT2D eigenvalue weighted by Crippen LogP contribution is -2.25. The predicted molar refractivity (Wildman–Crippen MR) is 91.6 cm³/mol. The highest BCUT2D eigenvalue weighted by Gasteiger charge is 2.23. The van der Waals surface area contributed by atoms with Crippen LogP contribution in [-0.4, -0.2) is 35.9 Å². The van der Waals surface area contributed by atoms with Gasteiger partial charge in [0.1, 0.15) is 13.2 Å². The van der Waals surface area contributed by atoms with Gasteiger partial charge in [-0.3, -0.25) is 9.89 Å². The summed E-state index contributed by atoms with van der Waals surface area (Å²) in [5.41, 5.74) is 2.77. The van der Waals surface area contributed by atoms with Crippen LogP contribution >= 0.6 is 24.0 Å². The van der Waals surface area contributed by atoms with E-state index in [4.69, 9.17) is 21.1 Å². The Morgan fingerprint density at radius 2 is 2.00 bits per heavy atom. The molecular weight excluding hydrogens is 355 g/mol. The van der Waals surface area contributed by atoms with Crippen LogP contribution < -0.4 is 20.1 Å². The molecule has 3 N–H and O–H groups in total. The molecule has 3 heterocycles. The van der Waals surface area contributed by atoms with Crippen molar-refractivity contribution in [1.82, 2.24) is 15.5 Å². The van der Waals surface area contributed by atoms with Crippen LogP contribution in [-0.2, 0) is 13.0 Å². The van der Waals surface area contributed by atoms with Gasteiger partial charge in [0.2, 0.25) is 0 Å². The smallest absolute Gasteiger partial charge is 0.276 e. The topological polar surface area (TPSA) is 88.3 Å². The van der Waals surface area contributed by atoms with Gasteiger partial charge in [0, 0.05) is 42.9 Å². The van der Waals surface area contributed by atoms with E-state index in [9.17, 15) is 4.79 Å². The lowest BCUT2D eigenvalue weighted by molar-refractivity contribution is 0.102. The average Bonchev–Trinajstić information content (AvgIpc) is 2.99. The highest BCUT2D eigenvalue weighted by molar-refractivity contribution is 6.34. The number of fused-ring (bicyclic) bond motifs is 2. The van der Waals surface area contributed by atoms with E-state index in [-0.39, 0.29) is 18.3 Å². The normalized spacial score (nSPS) is 15.2. The Hall–Kier alpha value is -1.96. The van der Waals surface area contributed by atoms with Gasteiger partial charge >= 0.3 is 0 Å². The van der Waals surface area contributed by atoms with E-state index in [1.807, 2.05) is 0 Å². The number of anilines is 1. The number of carbonyl (C=O) groups excluding carboxylic acids is 1. The number of carbonyl (C=O) groups is 1. The van der Waals surface area contributed by atoms with Crippen LogP contribution in [0.25, 0.3) is 0 Å². The Kier molecular flexibility index (Phi) is 4.84. The molecule has 0 saturated heterocycles. The molecule has 0 spiro atoms. The molecule has 2 aliphatic rings. The van der Waals surface area contributed by atoms with Crippen LogP contribution in [0.2, 0.25) is 5.02 Å². The van der Waals surface area contributed by atoms with Gasteiger partial charge in [-0.05, 0) is 0 Å². The maximum Gasteiger partial charge on any atom is 0.276 e. The second-order valence-corrected chi connectivity index (χ2v) is 5.79. The molecule has 2 aliphatic heterocycles. The lowest BCUT2D eigenvalue weighted by Gasteiger charge is -2.20. The van der Waals surface area contributed by atoms with Gasteiger partial charge in [0.15, 0.2) is 17.2 Å². The van der Waals surface area contributed by atoms with Crippen molar-refractivity contribution < 1.29 is 14.3 Å². The number of halogens is 2. The monoisotopic (exact) mass is 370 g/mol. The predicted octanol–water partition coefficient (Wildman–Crippen LogP) is 2.15. The summed E-state index contributed by atoms with van der Waals surface area (Å²) in [5.74, 6) is 0.854. The molecule has 2 aromatic rings. The fourth-order valence-corrected chi connectivity index (χ4v) is 2.96. The molecule has 0 fully saturated rings. The summed E-state index contributed by atoms with van der Waals surface area (Å²) in [4.78, 5) is 12.5. The van der Waals surface area contributed by atoms with Crippen LogP contribution in [0, 0.1) is 0 Å². The number of hydrogen-bond donors (Lipinski definition) is 3. The number of nitrogens with one attached hydrogen (secondary N) is 3. The van der Waals surface area contributed by atoms with E-state index < -0.39 is 0 Å². The van der Waals surface area contributed by atoms with E-state index in [1.165, 1.54) is 0 Å². The minimum atomic E-state index is -0.301. The fraction of sp³-hybridized carbons (Fsp3) is 0.333. The van der Waals surface area contributed by atoms with E-state index >= 15 is 0 Å². The number of hydrogen-bond acceptors (Lipinski definition) is 5. The molecule has 1 amide bonds. The van der Waals surface area contributed by atoms with Gasteiger partial charge in [0.25, 0.3) is 5.91 Å². The fourth-order valence-electron chi connectivity index (χ4n) is 2.75. The maximum absolute atomic E-state index is 12.5. The summed E-state index contributed by atoms with van der Waals surface area (Å²) in [6, 6.07) is 3.32. The van der Waals surface area contributed by atoms with Gasteiger partial charge in [-0.2, -0.15) is 5.10 Å². The Bertz CT molecular complexity index is 778. The molecule has 0 atom stereocenters. The first-order chi connectivity index (χ1) is 11.2. The lowest BCUT2D eigenvalue weighted by atomic mass is 10.1. The number of rotatable bonds is 2. The zero-order valence-electron chi connectivity index (χ0n) is 12.6. The molecule has 0 saturated carbocycles. The molecule has 1 aromatic carbocycles. The molecule has 7 nitrogen and oxygen atoms in total. The number of amides is 1. The molecule has 128 valence electrons. The molecule has 4 rings (SSSR count). The van der Waals surface area contributed by atoms with Crippen LogP contribution in [0.15, 0.2) is 12.1 Å². The van der Waals surface area contributed by atoms with Gasteiger partial charge in [0.05, 0.1) is 10.7 Å². The van der Waals surface area contributed by atoms with Crippen LogP contribution in [0.1, 0.15) is 21.7 Å². The molecule has 0 aliphatic carbocycles. The third-order valence-corrected chi connectivity index (χ3v) is 4.21. The second kappa shape index (κ2) is 6.88. The quantitative estimate of drug-likeness (QED) is 0.753. The molecule has 0 radical (unpaired) electrons. The highest BCUT2D eigenvalue weighted by atomic mass is 35.5. The number of benzene rings is 1. The first-order valence-electron chi connectivity index (χ1n) is 7.39. The molecule has 9 heteroatoms. The molecular formula is C15H16Cl2N4O3. The zero-order valence-corrected chi connectivity index (χ0v) is 14.2. The third-order valence-electron chi connectivity index (χ3n) is 3.90. The molecule has 24 heavy (non-hydrogen) atoms. The van der Waals surface area contributed by atoms with E-state index in [1.54, 1.807) is 12.1 Å². The summed E-state index contributed by atoms with van der Waals surface area (Å²) in [5, 5.41) is 13.5. The van der Waals surface area contributed by atoms with Crippen molar-refractivity contribution in [2.75, 3.05) is 25.1 Å². The Balaban J connectivity index is 0.00000169. The number of aromatic nitrogens is 2. The Labute approximate surface area is 149 Å². The van der Waals surface area contributed by atoms with Crippen molar-refractivity contribution in [1.29, 1.82) is 0 Å². The van der Waals surface area contributed by atoms with E-state index in [0.717, 1.165) is 24.2 Å². The van der Waals surface area contributed by atoms with E-state index in [2.05, 4.69) is 20.8 Å². The number of aromatic amines is 1. The van der Waals surface area contributed by atoms with E-state index in [0.29, 0.717) is 47.7 Å². The standard InChI is InChI=1S/C15H15ClN4O3.ClH/c16-9-5-12-13(23-4-3-22-12)6-11(9)18-15(21)14-8-7-17-2-1-10(8)19-20-14;/h5-6,17H,1-4,7H2,(H,18,21)(H,19,20);1H. The maximum atomic E-state index is 12.5. The summed E-state index contributed by atoms with van der Waals surface area (Å²) < 4.78 is 11.0. The first kappa shape index (κ1) is 16.9. The minimum Gasteiger partial charge on any atom is -0.486 e. The summed E-state index contributed by atoms with van der Waals surface area (Å²) in [7, 11) is 0. The zero-order chi connectivity index (χ0) is 15.8. The number of nitrogens with zero attached hydrogens (tertiary/aromatic N) is 1. The summed E-state index contributed by atoms with van der Waals surface area (Å²) in [6.45, 7) is 2.47. The molecule has 1 aromatic heterocycles. The summed E-state index contributed by atoms with van der Waals surface area (Å²) >= 11 is 6.22. The molecule has 0 bridgehead atoms. The van der Waals surface area contributed by atoms with Crippen molar-refractivity contribution >= 4 is 35.6 Å². The number of H-pyrrole nitrogens is 1. The third kappa shape index (κ3) is 3.02. The van der Waals surface area contributed by atoms with Crippen molar-refractivity contribution in [2.45, 2.75) is 13.0 Å². The van der Waals surface area contributed by atoms with Crippen molar-refractivity contribution in [3.63, 3.8) is 0 Å². The minimum absolute atomic E-state index is 0. The summed E-state index contributed by atoms with van der Waals surface area (Å²) in [6.07, 6.45) is 0.834. The van der Waals surface area contributed by atoms with Gasteiger partial charge in [-0.25, -0.2) is 0 Å². The largest absolute Gasteiger partial charge is 0.486 e. The van der Waals surface area contributed by atoms with Crippen LogP contribution in [0.3, 0.4) is 0 Å². The van der Waals surface area contributed by atoms with Crippen LogP contribution in [0.4, 0.5) is 5.69 Å². The van der Waals surface area contributed by atoms with Gasteiger partial charge in [-0.1, -0.05) is 11.6 Å². The first-order valence-corrected chi connectivity index (χ1v) is 7.77. The van der Waals surface area contributed by atoms with Crippen molar-refractivity contribution in [2.24, 2.45) is 0 Å². The Morgan fingerprint density at radius 3 is 2.79 bits per heavy atom. The Morgan fingerprint density at radius 1 is 1.25 bits per heavy atom. The van der Waals surface area contributed by atoms with Gasteiger partial charge in [-0.15, -0.1) is 12.4 Å². The van der Waals surface area contributed by atoms with Crippen molar-refractivity contribution in [3.05, 3.63) is 34.1 Å². The van der Waals surface area contributed by atoms with Gasteiger partial charge < -0.3 is 20.1 Å². The SMILES string of the molecule is Cl.O=C(Nc1cc2c(cc1Cl)OCCO2)c1n[nH]c2c1CNCC2. The average molecular weight is 371 g/mol. The number of ether oxygens (including phenoxy) is 2. The van der Waals surface area contributed by atoms with Crippen molar-refractivity contribution in [3.8, 4) is 11.5 Å². The second-order valence-electron chi connectivity index (χ2n) is 5.39.